The standard InChI is InChI=1S/C16H25NO/c1-12(2)18-15-7-5-4-6-14(15)16(17)10-8-13(3)9-11-16/h4-7,12-13H,8-11,17H2,1-3H3. The van der Waals surface area contributed by atoms with Gasteiger partial charge in [-0.2, -0.15) is 0 Å². The molecule has 0 aromatic heterocycles. The van der Waals surface area contributed by atoms with E-state index in [4.69, 9.17) is 10.5 Å². The number of ether oxygens (including phenoxy) is 1. The Labute approximate surface area is 111 Å². The van der Waals surface area contributed by atoms with E-state index in [1.807, 2.05) is 12.1 Å². The summed E-state index contributed by atoms with van der Waals surface area (Å²) in [6.07, 6.45) is 4.75. The largest absolute Gasteiger partial charge is 0.491 e. The number of nitrogens with two attached hydrogens (primary N) is 1. The van der Waals surface area contributed by atoms with E-state index in [2.05, 4.69) is 32.9 Å². The molecular formula is C16H25NO. The summed E-state index contributed by atoms with van der Waals surface area (Å²) in [7, 11) is 0. The second-order valence-corrected chi connectivity index (χ2v) is 6.00. The van der Waals surface area contributed by atoms with Crippen LogP contribution in [-0.2, 0) is 5.54 Å². The lowest BCUT2D eigenvalue weighted by molar-refractivity contribution is 0.212. The quantitative estimate of drug-likeness (QED) is 0.880. The fourth-order valence-corrected chi connectivity index (χ4v) is 2.78. The predicted octanol–water partition coefficient (Wildman–Crippen LogP) is 3.84. The van der Waals surface area contributed by atoms with Crippen LogP contribution < -0.4 is 10.5 Å². The first-order valence-electron chi connectivity index (χ1n) is 7.06. The van der Waals surface area contributed by atoms with Gasteiger partial charge in [-0.25, -0.2) is 0 Å². The average molecular weight is 247 g/mol. The first-order valence-corrected chi connectivity index (χ1v) is 7.06. The van der Waals surface area contributed by atoms with Gasteiger partial charge in [-0.1, -0.05) is 25.1 Å². The molecule has 1 aromatic carbocycles. The molecule has 0 unspecified atom stereocenters. The van der Waals surface area contributed by atoms with Crippen molar-refractivity contribution in [2.75, 3.05) is 0 Å². The summed E-state index contributed by atoms with van der Waals surface area (Å²) >= 11 is 0. The van der Waals surface area contributed by atoms with E-state index in [1.165, 1.54) is 18.4 Å². The van der Waals surface area contributed by atoms with Crippen molar-refractivity contribution in [2.24, 2.45) is 11.7 Å². The highest BCUT2D eigenvalue weighted by atomic mass is 16.5. The second kappa shape index (κ2) is 5.31. The van der Waals surface area contributed by atoms with Gasteiger partial charge in [0.25, 0.3) is 0 Å². The van der Waals surface area contributed by atoms with Gasteiger partial charge in [0.2, 0.25) is 0 Å². The SMILES string of the molecule is CC1CCC(N)(c2ccccc2OC(C)C)CC1. The minimum atomic E-state index is -0.196. The Bertz CT molecular complexity index is 392. The average Bonchev–Trinajstić information content (AvgIpc) is 2.33. The van der Waals surface area contributed by atoms with Crippen LogP contribution in [0.5, 0.6) is 5.75 Å². The molecule has 18 heavy (non-hydrogen) atoms. The Hall–Kier alpha value is -1.02. The monoisotopic (exact) mass is 247 g/mol. The molecule has 0 spiro atoms. The molecule has 0 aliphatic heterocycles. The molecule has 2 heteroatoms. The zero-order valence-corrected chi connectivity index (χ0v) is 11.8. The van der Waals surface area contributed by atoms with Crippen LogP contribution in [0.25, 0.3) is 0 Å². The molecule has 0 saturated heterocycles. The van der Waals surface area contributed by atoms with Crippen LogP contribution in [0.2, 0.25) is 0 Å². The first kappa shape index (κ1) is 13.4. The number of benzene rings is 1. The normalized spacial score (nSPS) is 28.4. The molecule has 0 bridgehead atoms. The lowest BCUT2D eigenvalue weighted by Crippen LogP contribution is -2.40. The summed E-state index contributed by atoms with van der Waals surface area (Å²) < 4.78 is 5.91. The van der Waals surface area contributed by atoms with E-state index in [9.17, 15) is 0 Å². The van der Waals surface area contributed by atoms with Gasteiger partial charge in [0, 0.05) is 11.1 Å². The third-order valence-corrected chi connectivity index (χ3v) is 3.95. The highest BCUT2D eigenvalue weighted by Crippen LogP contribution is 2.41. The minimum absolute atomic E-state index is 0.192. The Balaban J connectivity index is 2.26. The zero-order chi connectivity index (χ0) is 13.2. The smallest absolute Gasteiger partial charge is 0.124 e. The van der Waals surface area contributed by atoms with Crippen molar-refractivity contribution in [3.8, 4) is 5.75 Å². The molecular weight excluding hydrogens is 222 g/mol. The summed E-state index contributed by atoms with van der Waals surface area (Å²) in [6, 6.07) is 8.26. The van der Waals surface area contributed by atoms with Gasteiger partial charge in [-0.15, -0.1) is 0 Å². The van der Waals surface area contributed by atoms with Gasteiger partial charge in [-0.3, -0.25) is 0 Å². The third kappa shape index (κ3) is 2.86. The Kier molecular flexibility index (Phi) is 3.96. The van der Waals surface area contributed by atoms with Gasteiger partial charge in [0.15, 0.2) is 0 Å². The van der Waals surface area contributed by atoms with E-state index in [0.717, 1.165) is 24.5 Å². The number of rotatable bonds is 3. The molecule has 1 aromatic rings. The van der Waals surface area contributed by atoms with Gasteiger partial charge >= 0.3 is 0 Å². The summed E-state index contributed by atoms with van der Waals surface area (Å²) in [5.41, 5.74) is 7.63. The van der Waals surface area contributed by atoms with Gasteiger partial charge in [-0.05, 0) is 51.5 Å². The van der Waals surface area contributed by atoms with E-state index in [1.54, 1.807) is 0 Å². The van der Waals surface area contributed by atoms with Crippen molar-refractivity contribution in [1.82, 2.24) is 0 Å². The topological polar surface area (TPSA) is 35.2 Å². The lowest BCUT2D eigenvalue weighted by atomic mass is 9.73. The first-order chi connectivity index (χ1) is 8.51. The molecule has 0 heterocycles. The summed E-state index contributed by atoms with van der Waals surface area (Å²) in [5.74, 6) is 1.77. The van der Waals surface area contributed by atoms with Crippen LogP contribution >= 0.6 is 0 Å². The molecule has 2 nitrogen and oxygen atoms in total. The molecule has 2 N–H and O–H groups in total. The maximum atomic E-state index is 6.64. The second-order valence-electron chi connectivity index (χ2n) is 6.00. The van der Waals surface area contributed by atoms with Crippen molar-refractivity contribution in [3.63, 3.8) is 0 Å². The van der Waals surface area contributed by atoms with Gasteiger partial charge in [0.05, 0.1) is 6.10 Å². The van der Waals surface area contributed by atoms with Crippen LogP contribution in [0.4, 0.5) is 0 Å². The maximum absolute atomic E-state index is 6.64. The Morgan fingerprint density at radius 1 is 1.22 bits per heavy atom. The molecule has 0 atom stereocenters. The van der Waals surface area contributed by atoms with E-state index in [-0.39, 0.29) is 11.6 Å². The van der Waals surface area contributed by atoms with E-state index in [0.29, 0.717) is 0 Å². The highest BCUT2D eigenvalue weighted by Gasteiger charge is 2.34. The van der Waals surface area contributed by atoms with E-state index < -0.39 is 0 Å². The summed E-state index contributed by atoms with van der Waals surface area (Å²) in [5, 5.41) is 0. The fourth-order valence-electron chi connectivity index (χ4n) is 2.78. The summed E-state index contributed by atoms with van der Waals surface area (Å²) in [6.45, 7) is 6.43. The van der Waals surface area contributed by atoms with Gasteiger partial charge in [0.1, 0.15) is 5.75 Å². The molecule has 100 valence electrons. The summed E-state index contributed by atoms with van der Waals surface area (Å²) in [4.78, 5) is 0. The van der Waals surface area contributed by atoms with Crippen molar-refractivity contribution in [2.45, 2.75) is 58.1 Å². The van der Waals surface area contributed by atoms with Crippen LogP contribution in [0.1, 0.15) is 52.0 Å². The number of hydrogen-bond donors (Lipinski definition) is 1. The van der Waals surface area contributed by atoms with Crippen LogP contribution in [0.3, 0.4) is 0 Å². The maximum Gasteiger partial charge on any atom is 0.124 e. The van der Waals surface area contributed by atoms with Crippen molar-refractivity contribution >= 4 is 0 Å². The molecule has 1 saturated carbocycles. The Morgan fingerprint density at radius 2 is 1.83 bits per heavy atom. The lowest BCUT2D eigenvalue weighted by Gasteiger charge is -2.37. The molecule has 2 rings (SSSR count). The molecule has 1 aliphatic rings. The number of para-hydroxylation sites is 1. The number of hydrogen-bond acceptors (Lipinski definition) is 2. The minimum Gasteiger partial charge on any atom is -0.491 e. The zero-order valence-electron chi connectivity index (χ0n) is 11.8. The predicted molar refractivity (Wildman–Crippen MR) is 75.7 cm³/mol. The van der Waals surface area contributed by atoms with Crippen LogP contribution in [0, 0.1) is 5.92 Å². The Morgan fingerprint density at radius 3 is 2.44 bits per heavy atom. The van der Waals surface area contributed by atoms with Crippen LogP contribution in [0.15, 0.2) is 24.3 Å². The molecule has 0 amide bonds. The van der Waals surface area contributed by atoms with Crippen molar-refractivity contribution in [1.29, 1.82) is 0 Å². The van der Waals surface area contributed by atoms with Gasteiger partial charge < -0.3 is 10.5 Å². The third-order valence-electron chi connectivity index (χ3n) is 3.95. The van der Waals surface area contributed by atoms with E-state index >= 15 is 0 Å². The molecule has 1 aliphatic carbocycles. The fraction of sp³-hybridized carbons (Fsp3) is 0.625. The molecule has 1 fully saturated rings. The van der Waals surface area contributed by atoms with Crippen molar-refractivity contribution in [3.05, 3.63) is 29.8 Å². The molecule has 0 radical (unpaired) electrons. The van der Waals surface area contributed by atoms with Crippen molar-refractivity contribution < 1.29 is 4.74 Å². The van der Waals surface area contributed by atoms with Crippen LogP contribution in [-0.4, -0.2) is 6.10 Å². The highest BCUT2D eigenvalue weighted by molar-refractivity contribution is 5.39.